The van der Waals surface area contributed by atoms with Crippen molar-refractivity contribution in [2.24, 2.45) is 0 Å². The Morgan fingerprint density at radius 2 is 2.20 bits per heavy atom. The summed E-state index contributed by atoms with van der Waals surface area (Å²) in [4.78, 5) is 14.1. The van der Waals surface area contributed by atoms with Crippen molar-refractivity contribution in [3.63, 3.8) is 0 Å². The van der Waals surface area contributed by atoms with Gasteiger partial charge in [-0.2, -0.15) is 5.10 Å². The quantitative estimate of drug-likeness (QED) is 0.599. The Hall–Kier alpha value is -2.17. The lowest BCUT2D eigenvalue weighted by atomic mass is 10.3. The van der Waals surface area contributed by atoms with Crippen molar-refractivity contribution >= 4 is 16.6 Å². The summed E-state index contributed by atoms with van der Waals surface area (Å²) in [6.45, 7) is 0. The van der Waals surface area contributed by atoms with Gasteiger partial charge in [0.05, 0.1) is 11.7 Å². The molecule has 0 aliphatic heterocycles. The summed E-state index contributed by atoms with van der Waals surface area (Å²) in [7, 11) is 0. The van der Waals surface area contributed by atoms with Gasteiger partial charge in [0.25, 0.3) is 5.56 Å². The molecule has 0 bridgehead atoms. The molecule has 0 atom stereocenters. The molecule has 15 heavy (non-hydrogen) atoms. The molecule has 4 nitrogen and oxygen atoms in total. The number of rotatable bonds is 0. The Labute approximate surface area is 83.0 Å². The zero-order valence-corrected chi connectivity index (χ0v) is 7.57. The summed E-state index contributed by atoms with van der Waals surface area (Å²) in [6, 6.07) is 6.07. The van der Waals surface area contributed by atoms with Gasteiger partial charge < -0.3 is 4.98 Å². The molecular weight excluding hydrogens is 197 g/mol. The maximum absolute atomic E-state index is 13.5. The smallest absolute Gasteiger partial charge is 0.274 e. The van der Waals surface area contributed by atoms with Gasteiger partial charge in [-0.15, -0.1) is 0 Å². The molecule has 0 aliphatic rings. The summed E-state index contributed by atoms with van der Waals surface area (Å²) >= 11 is 0. The van der Waals surface area contributed by atoms with Crippen LogP contribution in [-0.2, 0) is 0 Å². The monoisotopic (exact) mass is 203 g/mol. The second kappa shape index (κ2) is 2.66. The second-order valence-electron chi connectivity index (χ2n) is 3.22. The zero-order chi connectivity index (χ0) is 10.4. The van der Waals surface area contributed by atoms with Gasteiger partial charge in [-0.25, -0.2) is 8.91 Å². The van der Waals surface area contributed by atoms with Gasteiger partial charge >= 0.3 is 0 Å². The van der Waals surface area contributed by atoms with Gasteiger partial charge in [-0.1, -0.05) is 6.07 Å². The highest BCUT2D eigenvalue weighted by atomic mass is 19.1. The van der Waals surface area contributed by atoms with E-state index in [1.165, 1.54) is 16.8 Å². The van der Waals surface area contributed by atoms with Crippen molar-refractivity contribution in [2.75, 3.05) is 0 Å². The van der Waals surface area contributed by atoms with Gasteiger partial charge in [0.2, 0.25) is 0 Å². The molecular formula is C10H6FN3O. The minimum atomic E-state index is -0.405. The molecule has 0 radical (unpaired) electrons. The summed E-state index contributed by atoms with van der Waals surface area (Å²) in [5, 5.41) is 3.93. The maximum atomic E-state index is 13.5. The SMILES string of the molecule is O=c1[nH]c2cccc(F)c2n2nccc12. The Balaban J connectivity index is 2.74. The van der Waals surface area contributed by atoms with Crippen LogP contribution in [0, 0.1) is 5.82 Å². The lowest BCUT2D eigenvalue weighted by molar-refractivity contribution is 0.632. The first-order chi connectivity index (χ1) is 7.27. The number of aromatic amines is 1. The van der Waals surface area contributed by atoms with Crippen LogP contribution in [0.1, 0.15) is 0 Å². The van der Waals surface area contributed by atoms with Gasteiger partial charge in [-0.05, 0) is 18.2 Å². The second-order valence-corrected chi connectivity index (χ2v) is 3.22. The van der Waals surface area contributed by atoms with E-state index in [4.69, 9.17) is 0 Å². The lowest BCUT2D eigenvalue weighted by Gasteiger charge is -2.01. The fraction of sp³-hybridized carbons (Fsp3) is 0. The van der Waals surface area contributed by atoms with Crippen LogP contribution >= 0.6 is 0 Å². The largest absolute Gasteiger partial charge is 0.319 e. The van der Waals surface area contributed by atoms with Gasteiger partial charge in [-0.3, -0.25) is 4.79 Å². The first-order valence-electron chi connectivity index (χ1n) is 4.41. The molecule has 2 aromatic heterocycles. The number of aromatic nitrogens is 3. The average Bonchev–Trinajstić information content (AvgIpc) is 2.66. The lowest BCUT2D eigenvalue weighted by Crippen LogP contribution is -2.11. The van der Waals surface area contributed by atoms with Crippen LogP contribution in [0.15, 0.2) is 35.3 Å². The normalized spacial score (nSPS) is 11.3. The van der Waals surface area contributed by atoms with E-state index in [1.54, 1.807) is 18.2 Å². The van der Waals surface area contributed by atoms with E-state index >= 15 is 0 Å². The van der Waals surface area contributed by atoms with Gasteiger partial charge in [0.15, 0.2) is 5.82 Å². The highest BCUT2D eigenvalue weighted by molar-refractivity contribution is 5.77. The number of para-hydroxylation sites is 1. The molecule has 0 spiro atoms. The van der Waals surface area contributed by atoms with E-state index in [9.17, 15) is 9.18 Å². The average molecular weight is 203 g/mol. The van der Waals surface area contributed by atoms with Crippen molar-refractivity contribution in [2.45, 2.75) is 0 Å². The highest BCUT2D eigenvalue weighted by Gasteiger charge is 2.08. The molecule has 74 valence electrons. The van der Waals surface area contributed by atoms with E-state index in [0.29, 0.717) is 11.0 Å². The number of fused-ring (bicyclic) bond motifs is 3. The van der Waals surface area contributed by atoms with E-state index in [-0.39, 0.29) is 11.1 Å². The summed E-state index contributed by atoms with van der Waals surface area (Å²) in [5.41, 5.74) is 0.798. The minimum Gasteiger partial charge on any atom is -0.319 e. The van der Waals surface area contributed by atoms with Crippen LogP contribution in [0.25, 0.3) is 16.6 Å². The van der Waals surface area contributed by atoms with Crippen LogP contribution in [0.5, 0.6) is 0 Å². The standard InChI is InChI=1S/C10H6FN3O/c11-6-2-1-3-7-9(6)14-8(4-5-12-14)10(15)13-7/h1-5H,(H,13,15). The predicted octanol–water partition coefficient (Wildman–Crippen LogP) is 1.31. The number of nitrogens with zero attached hydrogens (tertiary/aromatic N) is 2. The topological polar surface area (TPSA) is 50.2 Å². The third kappa shape index (κ3) is 0.999. The molecule has 0 unspecified atom stereocenters. The Morgan fingerprint density at radius 1 is 1.33 bits per heavy atom. The van der Waals surface area contributed by atoms with Crippen molar-refractivity contribution in [1.82, 2.24) is 14.6 Å². The zero-order valence-electron chi connectivity index (χ0n) is 7.57. The molecule has 3 aromatic rings. The Morgan fingerprint density at radius 3 is 3.07 bits per heavy atom. The summed E-state index contributed by atoms with van der Waals surface area (Å²) < 4.78 is 14.9. The fourth-order valence-corrected chi connectivity index (χ4v) is 1.67. The molecule has 1 aromatic carbocycles. The van der Waals surface area contributed by atoms with Gasteiger partial charge in [0, 0.05) is 0 Å². The molecule has 0 saturated heterocycles. The van der Waals surface area contributed by atoms with E-state index < -0.39 is 5.82 Å². The van der Waals surface area contributed by atoms with Crippen molar-refractivity contribution in [3.05, 3.63) is 46.6 Å². The summed E-state index contributed by atoms with van der Waals surface area (Å²) in [6.07, 6.45) is 1.47. The molecule has 0 aliphatic carbocycles. The predicted molar refractivity (Wildman–Crippen MR) is 53.3 cm³/mol. The van der Waals surface area contributed by atoms with Crippen LogP contribution in [0.2, 0.25) is 0 Å². The molecule has 5 heteroatoms. The number of hydrogen-bond donors (Lipinski definition) is 1. The van der Waals surface area contributed by atoms with E-state index in [1.807, 2.05) is 0 Å². The number of hydrogen-bond acceptors (Lipinski definition) is 2. The van der Waals surface area contributed by atoms with Crippen molar-refractivity contribution < 1.29 is 4.39 Å². The number of benzene rings is 1. The third-order valence-corrected chi connectivity index (χ3v) is 2.32. The maximum Gasteiger partial charge on any atom is 0.274 e. The van der Waals surface area contributed by atoms with E-state index in [2.05, 4.69) is 10.1 Å². The summed E-state index contributed by atoms with van der Waals surface area (Å²) in [5.74, 6) is -0.405. The van der Waals surface area contributed by atoms with Crippen LogP contribution < -0.4 is 5.56 Å². The van der Waals surface area contributed by atoms with Crippen LogP contribution in [-0.4, -0.2) is 14.6 Å². The number of nitrogens with one attached hydrogen (secondary N) is 1. The third-order valence-electron chi connectivity index (χ3n) is 2.32. The highest BCUT2D eigenvalue weighted by Crippen LogP contribution is 2.14. The van der Waals surface area contributed by atoms with Crippen LogP contribution in [0.4, 0.5) is 4.39 Å². The molecule has 3 rings (SSSR count). The molecule has 0 fully saturated rings. The number of halogens is 1. The van der Waals surface area contributed by atoms with Crippen molar-refractivity contribution in [1.29, 1.82) is 0 Å². The van der Waals surface area contributed by atoms with Crippen molar-refractivity contribution in [3.8, 4) is 0 Å². The fourth-order valence-electron chi connectivity index (χ4n) is 1.67. The van der Waals surface area contributed by atoms with Crippen LogP contribution in [0.3, 0.4) is 0 Å². The Kier molecular flexibility index (Phi) is 1.45. The molecule has 0 amide bonds. The van der Waals surface area contributed by atoms with E-state index in [0.717, 1.165) is 0 Å². The Bertz CT molecular complexity index is 713. The molecule has 1 N–H and O–H groups in total. The first-order valence-corrected chi connectivity index (χ1v) is 4.41. The number of H-pyrrole nitrogens is 1. The van der Waals surface area contributed by atoms with Gasteiger partial charge in [0.1, 0.15) is 11.0 Å². The minimum absolute atomic E-state index is 0.273. The molecule has 0 saturated carbocycles. The first kappa shape index (κ1) is 8.16. The molecule has 2 heterocycles.